The SMILES string of the molecule is COc1nc(C2CC2)c(Cl)cc1CN. The molecule has 1 aromatic rings. The number of methoxy groups -OCH3 is 1. The summed E-state index contributed by atoms with van der Waals surface area (Å²) in [4.78, 5) is 4.39. The maximum absolute atomic E-state index is 6.10. The fraction of sp³-hybridized carbons (Fsp3) is 0.500. The van der Waals surface area contributed by atoms with Crippen LogP contribution in [-0.2, 0) is 6.54 Å². The van der Waals surface area contributed by atoms with E-state index < -0.39 is 0 Å². The highest BCUT2D eigenvalue weighted by Gasteiger charge is 2.28. The first kappa shape index (κ1) is 9.74. The zero-order chi connectivity index (χ0) is 10.1. The summed E-state index contributed by atoms with van der Waals surface area (Å²) in [6.07, 6.45) is 2.36. The lowest BCUT2D eigenvalue weighted by atomic mass is 10.2. The van der Waals surface area contributed by atoms with Crippen LogP contribution < -0.4 is 10.5 Å². The molecule has 0 unspecified atom stereocenters. The summed E-state index contributed by atoms with van der Waals surface area (Å²) in [5.41, 5.74) is 7.38. The molecule has 1 fully saturated rings. The summed E-state index contributed by atoms with van der Waals surface area (Å²) in [6.45, 7) is 0.404. The van der Waals surface area contributed by atoms with Gasteiger partial charge < -0.3 is 10.5 Å². The molecule has 0 aliphatic heterocycles. The van der Waals surface area contributed by atoms with E-state index >= 15 is 0 Å². The van der Waals surface area contributed by atoms with Crippen LogP contribution in [0.4, 0.5) is 0 Å². The van der Waals surface area contributed by atoms with Gasteiger partial charge in [-0.25, -0.2) is 4.98 Å². The lowest BCUT2D eigenvalue weighted by molar-refractivity contribution is 0.391. The van der Waals surface area contributed by atoms with Crippen LogP contribution in [0.25, 0.3) is 0 Å². The molecule has 1 aliphatic rings. The number of ether oxygens (including phenoxy) is 1. The number of rotatable bonds is 3. The maximum Gasteiger partial charge on any atom is 0.217 e. The highest BCUT2D eigenvalue weighted by Crippen LogP contribution is 2.43. The normalized spacial score (nSPS) is 15.6. The molecule has 0 amide bonds. The van der Waals surface area contributed by atoms with Crippen LogP contribution in [0.3, 0.4) is 0 Å². The Morgan fingerprint density at radius 2 is 2.36 bits per heavy atom. The second kappa shape index (κ2) is 3.75. The third-order valence-corrected chi connectivity index (χ3v) is 2.72. The Kier molecular flexibility index (Phi) is 2.61. The van der Waals surface area contributed by atoms with Crippen molar-refractivity contribution < 1.29 is 4.74 Å². The maximum atomic E-state index is 6.10. The van der Waals surface area contributed by atoms with Crippen molar-refractivity contribution in [3.63, 3.8) is 0 Å². The lowest BCUT2D eigenvalue weighted by Gasteiger charge is -2.09. The van der Waals surface area contributed by atoms with E-state index in [1.165, 1.54) is 12.8 Å². The second-order valence-electron chi connectivity index (χ2n) is 3.50. The van der Waals surface area contributed by atoms with Gasteiger partial charge in [0.2, 0.25) is 5.88 Å². The van der Waals surface area contributed by atoms with Gasteiger partial charge >= 0.3 is 0 Å². The van der Waals surface area contributed by atoms with E-state index in [1.54, 1.807) is 7.11 Å². The van der Waals surface area contributed by atoms with Crippen LogP contribution in [0.1, 0.15) is 30.0 Å². The van der Waals surface area contributed by atoms with Crippen molar-refractivity contribution in [2.45, 2.75) is 25.3 Å². The van der Waals surface area contributed by atoms with E-state index in [2.05, 4.69) is 4.98 Å². The second-order valence-corrected chi connectivity index (χ2v) is 3.91. The van der Waals surface area contributed by atoms with Gasteiger partial charge in [0, 0.05) is 18.0 Å². The molecule has 76 valence electrons. The molecule has 3 nitrogen and oxygen atoms in total. The quantitative estimate of drug-likeness (QED) is 0.835. The van der Waals surface area contributed by atoms with E-state index in [-0.39, 0.29) is 0 Å². The van der Waals surface area contributed by atoms with E-state index in [0.717, 1.165) is 11.3 Å². The van der Waals surface area contributed by atoms with Gasteiger partial charge in [-0.1, -0.05) is 11.6 Å². The van der Waals surface area contributed by atoms with Crippen LogP contribution in [0.2, 0.25) is 5.02 Å². The predicted octanol–water partition coefficient (Wildman–Crippen LogP) is 2.08. The average Bonchev–Trinajstić information content (AvgIpc) is 3.01. The minimum Gasteiger partial charge on any atom is -0.481 e. The van der Waals surface area contributed by atoms with Crippen LogP contribution in [-0.4, -0.2) is 12.1 Å². The highest BCUT2D eigenvalue weighted by molar-refractivity contribution is 6.31. The van der Waals surface area contributed by atoms with Crippen LogP contribution >= 0.6 is 11.6 Å². The molecule has 4 heteroatoms. The third kappa shape index (κ3) is 1.70. The van der Waals surface area contributed by atoms with Crippen molar-refractivity contribution in [3.8, 4) is 5.88 Å². The first-order valence-corrected chi connectivity index (χ1v) is 5.07. The number of hydrogen-bond acceptors (Lipinski definition) is 3. The summed E-state index contributed by atoms with van der Waals surface area (Å²) in [7, 11) is 1.60. The van der Waals surface area contributed by atoms with Crippen molar-refractivity contribution in [3.05, 3.63) is 22.3 Å². The Hall–Kier alpha value is -0.800. The van der Waals surface area contributed by atoms with Gasteiger partial charge in [0.25, 0.3) is 0 Å². The minimum absolute atomic E-state index is 0.404. The third-order valence-electron chi connectivity index (χ3n) is 2.42. The topological polar surface area (TPSA) is 48.1 Å². The molecule has 2 rings (SSSR count). The van der Waals surface area contributed by atoms with Crippen molar-refractivity contribution in [1.82, 2.24) is 4.98 Å². The molecular formula is C10H13ClN2O. The van der Waals surface area contributed by atoms with Gasteiger partial charge in [-0.3, -0.25) is 0 Å². The molecule has 0 saturated heterocycles. The molecule has 0 spiro atoms. The van der Waals surface area contributed by atoms with Crippen molar-refractivity contribution in [2.75, 3.05) is 7.11 Å². The fourth-order valence-corrected chi connectivity index (χ4v) is 1.82. The van der Waals surface area contributed by atoms with E-state index in [9.17, 15) is 0 Å². The molecule has 2 N–H and O–H groups in total. The van der Waals surface area contributed by atoms with E-state index in [4.69, 9.17) is 22.1 Å². The van der Waals surface area contributed by atoms with Crippen LogP contribution in [0.15, 0.2) is 6.07 Å². The summed E-state index contributed by atoms with van der Waals surface area (Å²) in [5, 5.41) is 0.716. The summed E-state index contributed by atoms with van der Waals surface area (Å²) >= 11 is 6.10. The number of nitrogens with zero attached hydrogens (tertiary/aromatic N) is 1. The number of aromatic nitrogens is 1. The van der Waals surface area contributed by atoms with Crippen molar-refractivity contribution in [2.24, 2.45) is 5.73 Å². The summed E-state index contributed by atoms with van der Waals surface area (Å²) < 4.78 is 5.16. The van der Waals surface area contributed by atoms with Crippen LogP contribution in [0.5, 0.6) is 5.88 Å². The molecule has 0 aromatic carbocycles. The largest absolute Gasteiger partial charge is 0.481 e. The van der Waals surface area contributed by atoms with Crippen molar-refractivity contribution >= 4 is 11.6 Å². The Morgan fingerprint density at radius 3 is 2.86 bits per heavy atom. The number of pyridine rings is 1. The smallest absolute Gasteiger partial charge is 0.217 e. The molecule has 0 radical (unpaired) electrons. The molecule has 1 saturated carbocycles. The molecule has 0 atom stereocenters. The van der Waals surface area contributed by atoms with Gasteiger partial charge in [0.05, 0.1) is 17.8 Å². The monoisotopic (exact) mass is 212 g/mol. The lowest BCUT2D eigenvalue weighted by Crippen LogP contribution is -2.03. The molecule has 1 heterocycles. The first-order valence-electron chi connectivity index (χ1n) is 4.69. The standard InChI is InChI=1S/C10H13ClN2O/c1-14-10-7(5-12)4-8(11)9(13-10)6-2-3-6/h4,6H,2-3,5,12H2,1H3. The number of hydrogen-bond donors (Lipinski definition) is 1. The summed E-state index contributed by atoms with van der Waals surface area (Å²) in [5.74, 6) is 1.14. The van der Waals surface area contributed by atoms with E-state index in [0.29, 0.717) is 23.4 Å². The van der Waals surface area contributed by atoms with Gasteiger partial charge in [0.1, 0.15) is 0 Å². The Bertz CT molecular complexity index is 350. The Morgan fingerprint density at radius 1 is 1.64 bits per heavy atom. The highest BCUT2D eigenvalue weighted by atomic mass is 35.5. The first-order chi connectivity index (χ1) is 6.76. The Balaban J connectivity index is 2.42. The Labute approximate surface area is 88.2 Å². The molecule has 14 heavy (non-hydrogen) atoms. The molecule has 1 aromatic heterocycles. The van der Waals surface area contributed by atoms with Crippen LogP contribution in [0, 0.1) is 0 Å². The average molecular weight is 213 g/mol. The summed E-state index contributed by atoms with van der Waals surface area (Å²) in [6, 6.07) is 1.86. The molecule has 0 bridgehead atoms. The minimum atomic E-state index is 0.404. The van der Waals surface area contributed by atoms with Gasteiger partial charge in [-0.2, -0.15) is 0 Å². The number of nitrogens with two attached hydrogens (primary N) is 1. The zero-order valence-electron chi connectivity index (χ0n) is 8.09. The predicted molar refractivity (Wildman–Crippen MR) is 55.7 cm³/mol. The number of halogens is 1. The van der Waals surface area contributed by atoms with Gasteiger partial charge in [0.15, 0.2) is 0 Å². The van der Waals surface area contributed by atoms with Gasteiger partial charge in [-0.05, 0) is 18.9 Å². The van der Waals surface area contributed by atoms with Crippen molar-refractivity contribution in [1.29, 1.82) is 0 Å². The van der Waals surface area contributed by atoms with Gasteiger partial charge in [-0.15, -0.1) is 0 Å². The van der Waals surface area contributed by atoms with E-state index in [1.807, 2.05) is 6.07 Å². The molecule has 1 aliphatic carbocycles. The zero-order valence-corrected chi connectivity index (χ0v) is 8.84. The fourth-order valence-electron chi connectivity index (χ4n) is 1.49. The molecular weight excluding hydrogens is 200 g/mol.